The number of benzene rings is 1. The fraction of sp³-hybridized carbons (Fsp3) is 0.375. The van der Waals surface area contributed by atoms with Gasteiger partial charge in [0, 0.05) is 17.0 Å². The molecule has 0 aliphatic rings. The summed E-state index contributed by atoms with van der Waals surface area (Å²) in [5.74, 6) is 0. The molecule has 2 rings (SSSR count). The van der Waals surface area contributed by atoms with Crippen LogP contribution in [-0.2, 0) is 6.42 Å². The summed E-state index contributed by atoms with van der Waals surface area (Å²) in [6.45, 7) is 6.60. The van der Waals surface area contributed by atoms with E-state index >= 15 is 0 Å². The van der Waals surface area contributed by atoms with Crippen molar-refractivity contribution < 1.29 is 0 Å². The minimum absolute atomic E-state index is 0.344. The van der Waals surface area contributed by atoms with Crippen LogP contribution in [0.25, 0.3) is 0 Å². The van der Waals surface area contributed by atoms with Crippen molar-refractivity contribution in [1.82, 2.24) is 5.32 Å². The molecule has 0 spiro atoms. The van der Waals surface area contributed by atoms with E-state index in [0.29, 0.717) is 12.1 Å². The van der Waals surface area contributed by atoms with Gasteiger partial charge >= 0.3 is 0 Å². The van der Waals surface area contributed by atoms with Crippen molar-refractivity contribution in [2.24, 2.45) is 0 Å². The lowest BCUT2D eigenvalue weighted by atomic mass is 10.0. The standard InChI is InChI=1S/C16H20ClNS/c1-11-6-4-5-7-14(11)10-12(2)18-13(3)15-8-9-16(17)19-15/h4-9,12-13,18H,10H2,1-3H3. The van der Waals surface area contributed by atoms with E-state index in [2.05, 4.69) is 56.4 Å². The Kier molecular flexibility index (Phi) is 5.03. The van der Waals surface area contributed by atoms with Gasteiger partial charge in [-0.05, 0) is 50.5 Å². The SMILES string of the molecule is Cc1ccccc1CC(C)NC(C)c1ccc(Cl)s1. The highest BCUT2D eigenvalue weighted by atomic mass is 35.5. The van der Waals surface area contributed by atoms with Crippen molar-refractivity contribution in [2.45, 2.75) is 39.3 Å². The molecule has 2 aromatic rings. The molecule has 19 heavy (non-hydrogen) atoms. The monoisotopic (exact) mass is 293 g/mol. The van der Waals surface area contributed by atoms with Gasteiger partial charge in [0.1, 0.15) is 0 Å². The third-order valence-electron chi connectivity index (χ3n) is 3.34. The van der Waals surface area contributed by atoms with Crippen LogP contribution in [0, 0.1) is 6.92 Å². The summed E-state index contributed by atoms with van der Waals surface area (Å²) >= 11 is 7.63. The average Bonchev–Trinajstić information content (AvgIpc) is 2.79. The van der Waals surface area contributed by atoms with Crippen molar-refractivity contribution in [2.75, 3.05) is 0 Å². The van der Waals surface area contributed by atoms with E-state index in [0.717, 1.165) is 10.8 Å². The van der Waals surface area contributed by atoms with Gasteiger partial charge in [-0.15, -0.1) is 11.3 Å². The van der Waals surface area contributed by atoms with Gasteiger partial charge in [0.2, 0.25) is 0 Å². The lowest BCUT2D eigenvalue weighted by Gasteiger charge is -2.20. The number of thiophene rings is 1. The third kappa shape index (κ3) is 4.07. The molecule has 0 saturated carbocycles. The smallest absolute Gasteiger partial charge is 0.0931 e. The van der Waals surface area contributed by atoms with Crippen LogP contribution in [-0.4, -0.2) is 6.04 Å². The summed E-state index contributed by atoms with van der Waals surface area (Å²) < 4.78 is 0.857. The Hall–Kier alpha value is -0.830. The molecule has 2 unspecified atom stereocenters. The Morgan fingerprint density at radius 2 is 1.89 bits per heavy atom. The van der Waals surface area contributed by atoms with Gasteiger partial charge in [0.15, 0.2) is 0 Å². The molecule has 1 aromatic heterocycles. The molecular formula is C16H20ClNS. The predicted molar refractivity (Wildman–Crippen MR) is 85.2 cm³/mol. The van der Waals surface area contributed by atoms with E-state index in [-0.39, 0.29) is 0 Å². The second-order valence-corrected chi connectivity index (χ2v) is 6.81. The van der Waals surface area contributed by atoms with Crippen LogP contribution >= 0.6 is 22.9 Å². The number of aryl methyl sites for hydroxylation is 1. The van der Waals surface area contributed by atoms with E-state index in [4.69, 9.17) is 11.6 Å². The van der Waals surface area contributed by atoms with Crippen molar-refractivity contribution in [1.29, 1.82) is 0 Å². The summed E-state index contributed by atoms with van der Waals surface area (Å²) in [5, 5.41) is 3.64. The van der Waals surface area contributed by atoms with Crippen LogP contribution in [0.2, 0.25) is 4.34 Å². The minimum Gasteiger partial charge on any atom is -0.307 e. The second kappa shape index (κ2) is 6.56. The first kappa shape index (κ1) is 14.6. The molecule has 1 aromatic carbocycles. The van der Waals surface area contributed by atoms with Crippen LogP contribution in [0.1, 0.15) is 35.9 Å². The Morgan fingerprint density at radius 3 is 2.53 bits per heavy atom. The van der Waals surface area contributed by atoms with E-state index < -0.39 is 0 Å². The Labute approximate surface area is 124 Å². The quantitative estimate of drug-likeness (QED) is 0.819. The Morgan fingerprint density at radius 1 is 1.16 bits per heavy atom. The molecule has 1 N–H and O–H groups in total. The molecule has 3 heteroatoms. The molecule has 0 amide bonds. The average molecular weight is 294 g/mol. The second-order valence-electron chi connectivity index (χ2n) is 5.06. The molecule has 0 aliphatic carbocycles. The number of hydrogen-bond donors (Lipinski definition) is 1. The maximum Gasteiger partial charge on any atom is 0.0931 e. The van der Waals surface area contributed by atoms with Gasteiger partial charge in [-0.3, -0.25) is 0 Å². The van der Waals surface area contributed by atoms with Crippen molar-refractivity contribution >= 4 is 22.9 Å². The number of halogens is 1. The van der Waals surface area contributed by atoms with Crippen LogP contribution in [0.3, 0.4) is 0 Å². The topological polar surface area (TPSA) is 12.0 Å². The van der Waals surface area contributed by atoms with Gasteiger partial charge in [0.25, 0.3) is 0 Å². The Bertz CT molecular complexity index is 535. The van der Waals surface area contributed by atoms with E-state index in [1.54, 1.807) is 11.3 Å². The maximum atomic E-state index is 5.98. The van der Waals surface area contributed by atoms with Crippen molar-refractivity contribution in [3.05, 3.63) is 56.7 Å². The zero-order valence-corrected chi connectivity index (χ0v) is 13.2. The molecule has 0 radical (unpaired) electrons. The zero-order valence-electron chi connectivity index (χ0n) is 11.6. The Balaban J connectivity index is 1.94. The van der Waals surface area contributed by atoms with Crippen LogP contribution in [0.15, 0.2) is 36.4 Å². The van der Waals surface area contributed by atoms with E-state index in [9.17, 15) is 0 Å². The lowest BCUT2D eigenvalue weighted by molar-refractivity contribution is 0.481. The first-order valence-corrected chi connectivity index (χ1v) is 7.81. The maximum absolute atomic E-state index is 5.98. The van der Waals surface area contributed by atoms with Gasteiger partial charge in [-0.25, -0.2) is 0 Å². The number of rotatable bonds is 5. The first-order valence-electron chi connectivity index (χ1n) is 6.62. The fourth-order valence-electron chi connectivity index (χ4n) is 2.30. The normalized spacial score (nSPS) is 14.3. The van der Waals surface area contributed by atoms with E-state index in [1.807, 2.05) is 6.07 Å². The number of hydrogen-bond acceptors (Lipinski definition) is 2. The van der Waals surface area contributed by atoms with Crippen LogP contribution in [0.5, 0.6) is 0 Å². The molecule has 1 nitrogen and oxygen atoms in total. The first-order chi connectivity index (χ1) is 9.06. The molecule has 0 aliphatic heterocycles. The largest absolute Gasteiger partial charge is 0.307 e. The summed E-state index contributed by atoms with van der Waals surface area (Å²) in [6.07, 6.45) is 1.05. The molecule has 1 heterocycles. The van der Waals surface area contributed by atoms with Gasteiger partial charge in [-0.1, -0.05) is 35.9 Å². The molecule has 0 bridgehead atoms. The summed E-state index contributed by atoms with van der Waals surface area (Å²) in [4.78, 5) is 1.29. The zero-order chi connectivity index (χ0) is 13.8. The summed E-state index contributed by atoms with van der Waals surface area (Å²) in [6, 6.07) is 13.4. The highest BCUT2D eigenvalue weighted by molar-refractivity contribution is 7.16. The van der Waals surface area contributed by atoms with Gasteiger partial charge < -0.3 is 5.32 Å². The van der Waals surface area contributed by atoms with Gasteiger partial charge in [-0.2, -0.15) is 0 Å². The highest BCUT2D eigenvalue weighted by Gasteiger charge is 2.12. The van der Waals surface area contributed by atoms with Crippen molar-refractivity contribution in [3.63, 3.8) is 0 Å². The van der Waals surface area contributed by atoms with Crippen LogP contribution in [0.4, 0.5) is 0 Å². The highest BCUT2D eigenvalue weighted by Crippen LogP contribution is 2.27. The minimum atomic E-state index is 0.344. The molecule has 2 atom stereocenters. The summed E-state index contributed by atoms with van der Waals surface area (Å²) in [7, 11) is 0. The molecule has 102 valence electrons. The predicted octanol–water partition coefficient (Wildman–Crippen LogP) is 4.99. The van der Waals surface area contributed by atoms with Crippen molar-refractivity contribution in [3.8, 4) is 0 Å². The van der Waals surface area contributed by atoms with Gasteiger partial charge in [0.05, 0.1) is 4.34 Å². The molecular weight excluding hydrogens is 274 g/mol. The number of nitrogens with one attached hydrogen (secondary N) is 1. The van der Waals surface area contributed by atoms with Crippen LogP contribution < -0.4 is 5.32 Å². The lowest BCUT2D eigenvalue weighted by Crippen LogP contribution is -2.30. The molecule has 0 saturated heterocycles. The molecule has 0 fully saturated rings. The third-order valence-corrected chi connectivity index (χ3v) is 4.76. The fourth-order valence-corrected chi connectivity index (χ4v) is 3.37. The summed E-state index contributed by atoms with van der Waals surface area (Å²) in [5.41, 5.74) is 2.78. The van der Waals surface area contributed by atoms with E-state index in [1.165, 1.54) is 16.0 Å².